The normalized spacial score (nSPS) is 10.7. The van der Waals surface area contributed by atoms with Gasteiger partial charge in [-0.15, -0.1) is 12.4 Å². The molecule has 0 atom stereocenters. The van der Waals surface area contributed by atoms with E-state index in [9.17, 15) is 9.59 Å². The number of halogens is 1. The van der Waals surface area contributed by atoms with Crippen molar-refractivity contribution in [3.05, 3.63) is 40.9 Å². The van der Waals surface area contributed by atoms with Gasteiger partial charge in [-0.25, -0.2) is 4.98 Å². The van der Waals surface area contributed by atoms with Crippen molar-refractivity contribution in [1.82, 2.24) is 20.2 Å². The summed E-state index contributed by atoms with van der Waals surface area (Å²) in [7, 11) is 1.80. The van der Waals surface area contributed by atoms with Gasteiger partial charge in [-0.05, 0) is 19.2 Å². The van der Waals surface area contributed by atoms with Crippen LogP contribution in [0.1, 0.15) is 0 Å². The molecule has 0 aliphatic heterocycles. The summed E-state index contributed by atoms with van der Waals surface area (Å²) in [5, 5.41) is 6.43. The average molecular weight is 337 g/mol. The zero-order chi connectivity index (χ0) is 15.5. The molecule has 0 spiro atoms. The third kappa shape index (κ3) is 3.35. The lowest BCUT2D eigenvalue weighted by molar-refractivity contribution is -0.121. The molecule has 2 N–H and O–H groups in total. The topological polar surface area (TPSA) is 89.2 Å². The Balaban J connectivity index is 0.00000192. The molecule has 0 saturated heterocycles. The van der Waals surface area contributed by atoms with E-state index in [1.807, 2.05) is 18.2 Å². The molecule has 3 aromatic rings. The van der Waals surface area contributed by atoms with Gasteiger partial charge in [-0.1, -0.05) is 12.1 Å². The van der Waals surface area contributed by atoms with E-state index in [2.05, 4.69) is 15.6 Å². The molecular formula is C15H17ClN4O3. The van der Waals surface area contributed by atoms with Crippen LogP contribution in [0.5, 0.6) is 0 Å². The van der Waals surface area contributed by atoms with E-state index >= 15 is 0 Å². The van der Waals surface area contributed by atoms with E-state index in [0.717, 1.165) is 5.39 Å². The molecule has 8 heteroatoms. The molecule has 1 aromatic carbocycles. The molecule has 7 nitrogen and oxygen atoms in total. The molecule has 0 fully saturated rings. The fraction of sp³-hybridized carbons (Fsp3) is 0.267. The van der Waals surface area contributed by atoms with E-state index in [0.29, 0.717) is 24.2 Å². The Morgan fingerprint density at radius 2 is 2.09 bits per heavy atom. The second kappa shape index (κ2) is 7.26. The van der Waals surface area contributed by atoms with Gasteiger partial charge in [0, 0.05) is 18.5 Å². The van der Waals surface area contributed by atoms with Gasteiger partial charge in [0.15, 0.2) is 0 Å². The number of nitrogens with one attached hydrogen (secondary N) is 2. The van der Waals surface area contributed by atoms with Gasteiger partial charge in [0.2, 0.25) is 11.5 Å². The van der Waals surface area contributed by atoms with Gasteiger partial charge in [0.1, 0.15) is 17.6 Å². The zero-order valence-corrected chi connectivity index (χ0v) is 13.4. The number of para-hydroxylation sites is 1. The number of nitrogens with zero attached hydrogens (tertiary/aromatic N) is 2. The quantitative estimate of drug-likeness (QED) is 0.676. The minimum atomic E-state index is -0.357. The highest BCUT2D eigenvalue weighted by atomic mass is 35.5. The molecule has 3 rings (SSSR count). The Morgan fingerprint density at radius 3 is 2.87 bits per heavy atom. The number of fused-ring (bicyclic) bond motifs is 3. The lowest BCUT2D eigenvalue weighted by Crippen LogP contribution is -2.35. The molecule has 0 unspecified atom stereocenters. The number of furan rings is 1. The van der Waals surface area contributed by atoms with Gasteiger partial charge in [0.25, 0.3) is 5.56 Å². The van der Waals surface area contributed by atoms with Crippen LogP contribution in [0.3, 0.4) is 0 Å². The molecule has 0 saturated carbocycles. The van der Waals surface area contributed by atoms with E-state index in [1.165, 1.54) is 10.9 Å². The molecular weight excluding hydrogens is 320 g/mol. The minimum Gasteiger partial charge on any atom is -0.448 e. The molecule has 2 heterocycles. The van der Waals surface area contributed by atoms with Crippen LogP contribution in [0, 0.1) is 0 Å². The molecule has 1 amide bonds. The van der Waals surface area contributed by atoms with Crippen molar-refractivity contribution in [3.63, 3.8) is 0 Å². The highest BCUT2D eigenvalue weighted by molar-refractivity contribution is 6.01. The first-order valence-corrected chi connectivity index (χ1v) is 6.98. The van der Waals surface area contributed by atoms with Crippen LogP contribution in [0.4, 0.5) is 0 Å². The number of rotatable bonds is 5. The molecule has 0 radical (unpaired) electrons. The van der Waals surface area contributed by atoms with Crippen LogP contribution in [-0.2, 0) is 11.3 Å². The van der Waals surface area contributed by atoms with Gasteiger partial charge < -0.3 is 15.1 Å². The Bertz CT molecular complexity index is 887. The second-order valence-electron chi connectivity index (χ2n) is 4.91. The van der Waals surface area contributed by atoms with Crippen LogP contribution >= 0.6 is 12.4 Å². The predicted molar refractivity (Wildman–Crippen MR) is 90.0 cm³/mol. The third-order valence-corrected chi connectivity index (χ3v) is 3.36. The number of amides is 1. The summed E-state index contributed by atoms with van der Waals surface area (Å²) in [5.74, 6) is -0.241. The lowest BCUT2D eigenvalue weighted by atomic mass is 10.2. The van der Waals surface area contributed by atoms with Crippen molar-refractivity contribution in [2.75, 3.05) is 20.1 Å². The number of likely N-dealkylation sites (N-methyl/N-ethyl adjacent to an activating group) is 1. The summed E-state index contributed by atoms with van der Waals surface area (Å²) < 4.78 is 6.82. The summed E-state index contributed by atoms with van der Waals surface area (Å²) in [6.45, 7) is 1.09. The van der Waals surface area contributed by atoms with Gasteiger partial charge in [-0.3, -0.25) is 14.2 Å². The summed E-state index contributed by atoms with van der Waals surface area (Å²) in [6, 6.07) is 7.33. The molecule has 0 aliphatic rings. The first-order valence-electron chi connectivity index (χ1n) is 6.98. The smallest absolute Gasteiger partial charge is 0.297 e. The maximum Gasteiger partial charge on any atom is 0.297 e. The molecule has 2 aromatic heterocycles. The van der Waals surface area contributed by atoms with Crippen LogP contribution in [0.2, 0.25) is 0 Å². The van der Waals surface area contributed by atoms with Gasteiger partial charge in [0.05, 0.1) is 6.33 Å². The van der Waals surface area contributed by atoms with Crippen molar-refractivity contribution >= 4 is 40.4 Å². The maximum absolute atomic E-state index is 12.4. The Kier molecular flexibility index (Phi) is 5.36. The Labute approximate surface area is 138 Å². The van der Waals surface area contributed by atoms with E-state index in [-0.39, 0.29) is 36.0 Å². The molecule has 0 aliphatic carbocycles. The van der Waals surface area contributed by atoms with Crippen molar-refractivity contribution in [2.45, 2.75) is 6.54 Å². The Hall–Kier alpha value is -2.38. The van der Waals surface area contributed by atoms with Gasteiger partial charge in [-0.2, -0.15) is 0 Å². The van der Waals surface area contributed by atoms with Crippen LogP contribution < -0.4 is 16.2 Å². The summed E-state index contributed by atoms with van der Waals surface area (Å²) in [4.78, 5) is 28.4. The predicted octanol–water partition coefficient (Wildman–Crippen LogP) is 0.900. The van der Waals surface area contributed by atoms with Crippen molar-refractivity contribution in [3.8, 4) is 0 Å². The van der Waals surface area contributed by atoms with Crippen LogP contribution in [0.25, 0.3) is 22.1 Å². The first-order chi connectivity index (χ1) is 10.7. The number of aromatic nitrogens is 2. The number of carbonyl (C=O) groups is 1. The average Bonchev–Trinajstić information content (AvgIpc) is 2.90. The van der Waals surface area contributed by atoms with Crippen LogP contribution in [0.15, 0.2) is 39.8 Å². The van der Waals surface area contributed by atoms with Crippen molar-refractivity contribution in [2.24, 2.45) is 0 Å². The number of hydrogen-bond donors (Lipinski definition) is 2. The minimum absolute atomic E-state index is 0. The largest absolute Gasteiger partial charge is 0.448 e. The van der Waals surface area contributed by atoms with Crippen molar-refractivity contribution in [1.29, 1.82) is 0 Å². The number of hydrogen-bond acceptors (Lipinski definition) is 5. The zero-order valence-electron chi connectivity index (χ0n) is 12.5. The fourth-order valence-electron chi connectivity index (χ4n) is 2.27. The standard InChI is InChI=1S/C15H16N4O3.ClH/c1-16-6-7-17-12(20)8-19-9-18-13-10-4-2-3-5-11(10)22-14(13)15(19)21;/h2-5,9,16H,6-8H2,1H3,(H,17,20);1H. The van der Waals surface area contributed by atoms with E-state index < -0.39 is 0 Å². The monoisotopic (exact) mass is 336 g/mol. The molecule has 23 heavy (non-hydrogen) atoms. The first kappa shape index (κ1) is 17.0. The third-order valence-electron chi connectivity index (χ3n) is 3.36. The summed E-state index contributed by atoms with van der Waals surface area (Å²) >= 11 is 0. The molecule has 0 bridgehead atoms. The van der Waals surface area contributed by atoms with Crippen LogP contribution in [-0.4, -0.2) is 35.6 Å². The second-order valence-corrected chi connectivity index (χ2v) is 4.91. The summed E-state index contributed by atoms with van der Waals surface area (Å²) in [6.07, 6.45) is 1.38. The van der Waals surface area contributed by atoms with E-state index in [1.54, 1.807) is 13.1 Å². The summed E-state index contributed by atoms with van der Waals surface area (Å²) in [5.41, 5.74) is 0.947. The van der Waals surface area contributed by atoms with Gasteiger partial charge >= 0.3 is 0 Å². The fourth-order valence-corrected chi connectivity index (χ4v) is 2.27. The Morgan fingerprint density at radius 1 is 1.30 bits per heavy atom. The number of carbonyl (C=O) groups excluding carboxylic acids is 1. The SMILES string of the molecule is CNCCNC(=O)Cn1cnc2c(oc3ccccc32)c1=O.Cl. The highest BCUT2D eigenvalue weighted by Gasteiger charge is 2.14. The van der Waals surface area contributed by atoms with Crippen molar-refractivity contribution < 1.29 is 9.21 Å². The number of benzene rings is 1. The van der Waals surface area contributed by atoms with E-state index in [4.69, 9.17) is 4.42 Å². The maximum atomic E-state index is 12.4. The molecule has 122 valence electrons. The lowest BCUT2D eigenvalue weighted by Gasteiger charge is -2.06. The highest BCUT2D eigenvalue weighted by Crippen LogP contribution is 2.23.